The molecule has 0 aliphatic carbocycles. The number of carbonyl (C=O) groups excluding carboxylic acids is 1. The van der Waals surface area contributed by atoms with Gasteiger partial charge >= 0.3 is 29.6 Å². The molecule has 9 nitrogen and oxygen atoms in total. The summed E-state index contributed by atoms with van der Waals surface area (Å²) < 4.78 is 33.1. The Morgan fingerprint density at radius 1 is 0.532 bits per heavy atom. The summed E-state index contributed by atoms with van der Waals surface area (Å²) in [6.07, 6.45) is 2.72. The molecule has 6 aromatic rings. The van der Waals surface area contributed by atoms with E-state index in [0.29, 0.717) is 36.0 Å². The number of ether oxygens (including phenoxy) is 6. The van der Waals surface area contributed by atoms with E-state index in [4.69, 9.17) is 28.4 Å². The molecule has 0 saturated heterocycles. The molecule has 0 amide bonds. The monoisotopic (exact) mass is 915 g/mol. The molecule has 0 spiro atoms. The molecule has 0 saturated carbocycles. The van der Waals surface area contributed by atoms with Gasteiger partial charge < -0.3 is 40.1 Å². The van der Waals surface area contributed by atoms with Crippen LogP contribution in [0.2, 0.25) is 0 Å². The van der Waals surface area contributed by atoms with Crippen LogP contribution in [0.15, 0.2) is 132 Å². The third kappa shape index (κ3) is 18.1. The predicted octanol–water partition coefficient (Wildman–Crippen LogP) is 8.74. The third-order valence-electron chi connectivity index (χ3n) is 9.10. The van der Waals surface area contributed by atoms with Crippen LogP contribution in [0.4, 0.5) is 0 Å². The molecule has 0 atom stereocenters. The van der Waals surface area contributed by atoms with E-state index >= 15 is 0 Å². The van der Waals surface area contributed by atoms with Gasteiger partial charge in [-0.05, 0) is 100 Å². The minimum absolute atomic E-state index is 0. The van der Waals surface area contributed by atoms with Crippen LogP contribution < -0.4 is 58.0 Å². The number of phenols is 2. The number of aromatic hydroxyl groups is 2. The van der Waals surface area contributed by atoms with Gasteiger partial charge in [-0.3, -0.25) is 4.79 Å². The number of benzene rings is 6. The minimum atomic E-state index is -0.157. The number of hydrogen-bond donors (Lipinski definition) is 2. The van der Waals surface area contributed by atoms with Crippen LogP contribution in [0.5, 0.6) is 46.0 Å². The molecule has 62 heavy (non-hydrogen) atoms. The Kier molecular flexibility index (Phi) is 26.6. The topological polar surface area (TPSA) is 113 Å². The molecule has 0 fully saturated rings. The molecule has 6 aromatic carbocycles. The number of carbonyl (C=O) groups is 1. The molecule has 12 heteroatoms. The average Bonchev–Trinajstić information content (AvgIpc) is 3.28. The molecule has 0 aliphatic rings. The molecule has 0 aromatic heterocycles. The molecule has 0 aliphatic heterocycles. The largest absolute Gasteiger partial charge is 1.00 e. The van der Waals surface area contributed by atoms with Crippen LogP contribution in [-0.4, -0.2) is 52.8 Å². The molecule has 0 bridgehead atoms. The second kappa shape index (κ2) is 30.1. The van der Waals surface area contributed by atoms with Crippen molar-refractivity contribution in [3.63, 3.8) is 0 Å². The maximum atomic E-state index is 10.9. The van der Waals surface area contributed by atoms with Gasteiger partial charge in [-0.25, -0.2) is 0 Å². The van der Waals surface area contributed by atoms with E-state index in [0.717, 1.165) is 57.9 Å². The maximum Gasteiger partial charge on any atom is 1.00 e. The van der Waals surface area contributed by atoms with Crippen LogP contribution in [0.25, 0.3) is 0 Å². The van der Waals surface area contributed by atoms with Crippen molar-refractivity contribution in [2.45, 2.75) is 60.2 Å². The Hall–Kier alpha value is -5.07. The van der Waals surface area contributed by atoms with Crippen LogP contribution in [-0.2, 0) is 32.5 Å². The average molecular weight is 917 g/mol. The standard InChI is InChI=1S/C16H17BrO2.C16H18O2.C9H10O3.C9H12O2.B.Na.H/c1-3-13-9-14(17)16(18-2)10-15(13)19-11-12-7-5-4-6-8-12;1-3-14-9-10-15(17-2)11-16(14)18-12-13-7-5-4-6-8-13;1-6(10)8-4-3-7(12-2)5-9(8)11;1-3-7-4-5-8(11-2)6-9(7)10;;;/h4-10H,3,11H2,1-2H3;4-11H,3,12H2,1-2H3;3-5,11H,1-2H3;4-6,10H,3H2,1-2H3;;;/q;;;;;+1;-1. The SMILES string of the molecule is CCc1cc(Br)c(OC)cc1OCc1ccccc1.CCc1ccc(OC)cc1O.CCc1ccc(OC)cc1OCc1ccccc1.COc1ccc(C(C)=O)c(O)c1.[B].[H-].[Na+]. The number of methoxy groups -OCH3 is 4. The molecular formula is C50H58BBrNaO9. The van der Waals surface area contributed by atoms with Crippen molar-refractivity contribution in [2.75, 3.05) is 28.4 Å². The summed E-state index contributed by atoms with van der Waals surface area (Å²) in [5.74, 6) is 4.75. The summed E-state index contributed by atoms with van der Waals surface area (Å²) in [5, 5.41) is 18.6. The zero-order valence-corrected chi connectivity index (χ0v) is 41.0. The molecule has 3 radical (unpaired) electrons. The summed E-state index contributed by atoms with van der Waals surface area (Å²) in [6, 6.07) is 40.2. The second-order valence-electron chi connectivity index (χ2n) is 13.1. The first-order valence-electron chi connectivity index (χ1n) is 19.6. The number of halogens is 1. The van der Waals surface area contributed by atoms with Gasteiger partial charge in [0.1, 0.15) is 59.2 Å². The van der Waals surface area contributed by atoms with Crippen LogP contribution in [0.1, 0.15) is 67.3 Å². The fourth-order valence-corrected chi connectivity index (χ4v) is 6.16. The number of ketones is 1. The van der Waals surface area contributed by atoms with Gasteiger partial charge in [0, 0.05) is 32.7 Å². The van der Waals surface area contributed by atoms with Gasteiger partial charge in [-0.1, -0.05) is 93.6 Å². The maximum absolute atomic E-state index is 10.9. The summed E-state index contributed by atoms with van der Waals surface area (Å²) >= 11 is 3.50. The Bertz CT molecular complexity index is 2210. The first kappa shape index (κ1) is 55.0. The first-order chi connectivity index (χ1) is 29.0. The quantitative estimate of drug-likeness (QED) is 0.0819. The Labute approximate surface area is 401 Å². The Morgan fingerprint density at radius 3 is 1.39 bits per heavy atom. The van der Waals surface area contributed by atoms with Crippen molar-refractivity contribution in [1.82, 2.24) is 0 Å². The van der Waals surface area contributed by atoms with Crippen LogP contribution in [0.3, 0.4) is 0 Å². The fourth-order valence-electron chi connectivity index (χ4n) is 5.61. The van der Waals surface area contributed by atoms with Crippen molar-refractivity contribution in [2.24, 2.45) is 0 Å². The smallest absolute Gasteiger partial charge is 1.00 e. The van der Waals surface area contributed by atoms with Crippen LogP contribution in [0, 0.1) is 0 Å². The summed E-state index contributed by atoms with van der Waals surface area (Å²) in [5.41, 5.74) is 5.96. The number of aryl methyl sites for hydroxylation is 3. The van der Waals surface area contributed by atoms with E-state index in [1.165, 1.54) is 42.9 Å². The van der Waals surface area contributed by atoms with Gasteiger partial charge in [0.15, 0.2) is 5.78 Å². The van der Waals surface area contributed by atoms with Gasteiger partial charge in [0.2, 0.25) is 0 Å². The van der Waals surface area contributed by atoms with E-state index in [1.54, 1.807) is 33.5 Å². The summed E-state index contributed by atoms with van der Waals surface area (Å²) in [7, 11) is 6.41. The Morgan fingerprint density at radius 2 is 0.968 bits per heavy atom. The first-order valence-corrected chi connectivity index (χ1v) is 20.4. The third-order valence-corrected chi connectivity index (χ3v) is 9.72. The van der Waals surface area contributed by atoms with Crippen LogP contribution >= 0.6 is 15.9 Å². The number of phenolic OH excluding ortho intramolecular Hbond substituents is 2. The number of hydrogen-bond acceptors (Lipinski definition) is 9. The van der Waals surface area contributed by atoms with Gasteiger partial charge in [-0.2, -0.15) is 0 Å². The molecule has 6 rings (SSSR count). The normalized spacial score (nSPS) is 9.63. The van der Waals surface area contributed by atoms with E-state index in [-0.39, 0.29) is 50.9 Å². The fraction of sp³-hybridized carbons (Fsp3) is 0.260. The van der Waals surface area contributed by atoms with Crippen molar-refractivity contribution in [3.05, 3.63) is 165 Å². The molecule has 2 N–H and O–H groups in total. The summed E-state index contributed by atoms with van der Waals surface area (Å²) in [4.78, 5) is 10.9. The van der Waals surface area contributed by atoms with Gasteiger partial charge in [0.25, 0.3) is 0 Å². The van der Waals surface area contributed by atoms with E-state index in [9.17, 15) is 15.0 Å². The van der Waals surface area contributed by atoms with Crippen molar-refractivity contribution in [3.8, 4) is 46.0 Å². The van der Waals surface area contributed by atoms with E-state index in [2.05, 4.69) is 66.2 Å². The van der Waals surface area contributed by atoms with Crippen molar-refractivity contribution >= 4 is 30.1 Å². The molecular weight excluding hydrogens is 858 g/mol. The molecule has 0 heterocycles. The zero-order valence-electron chi connectivity index (χ0n) is 38.4. The second-order valence-corrected chi connectivity index (χ2v) is 14.0. The number of rotatable bonds is 14. The van der Waals surface area contributed by atoms with Crippen molar-refractivity contribution < 1.29 is 74.4 Å². The minimum Gasteiger partial charge on any atom is -1.00 e. The van der Waals surface area contributed by atoms with Crippen molar-refractivity contribution in [1.29, 1.82) is 0 Å². The van der Waals surface area contributed by atoms with Gasteiger partial charge in [-0.15, -0.1) is 0 Å². The zero-order chi connectivity index (χ0) is 43.9. The Balaban J connectivity index is 0.000000821. The van der Waals surface area contributed by atoms with Gasteiger partial charge in [0.05, 0.1) is 38.5 Å². The summed E-state index contributed by atoms with van der Waals surface area (Å²) in [6.45, 7) is 8.80. The molecule has 0 unspecified atom stereocenters. The van der Waals surface area contributed by atoms with E-state index < -0.39 is 0 Å². The molecule has 323 valence electrons. The van der Waals surface area contributed by atoms with E-state index in [1.807, 2.05) is 73.7 Å². The number of Topliss-reactive ketones (excluding diaryl/α,β-unsaturated/α-hetero) is 1. The predicted molar refractivity (Wildman–Crippen MR) is 250 cm³/mol.